The third-order valence-electron chi connectivity index (χ3n) is 3.37. The van der Waals surface area contributed by atoms with Gasteiger partial charge in [0.1, 0.15) is 5.78 Å². The maximum atomic E-state index is 11.6. The van der Waals surface area contributed by atoms with E-state index in [1.807, 2.05) is 13.0 Å². The first-order chi connectivity index (χ1) is 7.75. The topological polar surface area (TPSA) is 20.3 Å². The number of benzene rings is 1. The van der Waals surface area contributed by atoms with Crippen molar-refractivity contribution in [3.05, 3.63) is 35.9 Å². The Morgan fingerprint density at radius 1 is 1.31 bits per heavy atom. The van der Waals surface area contributed by atoms with Gasteiger partial charge in [-0.3, -0.25) is 9.69 Å². The summed E-state index contributed by atoms with van der Waals surface area (Å²) in [5, 5.41) is 0. The van der Waals surface area contributed by atoms with Gasteiger partial charge in [-0.05, 0) is 24.9 Å². The van der Waals surface area contributed by atoms with Gasteiger partial charge in [-0.2, -0.15) is 0 Å². The molecule has 2 rings (SSSR count). The van der Waals surface area contributed by atoms with Gasteiger partial charge in [-0.25, -0.2) is 0 Å². The Bertz CT molecular complexity index is 347. The van der Waals surface area contributed by atoms with Gasteiger partial charge in [0, 0.05) is 12.5 Å². The Hall–Kier alpha value is -1.15. The van der Waals surface area contributed by atoms with E-state index in [0.29, 0.717) is 12.3 Å². The average molecular weight is 217 g/mol. The van der Waals surface area contributed by atoms with Gasteiger partial charge in [-0.1, -0.05) is 37.3 Å². The van der Waals surface area contributed by atoms with Crippen molar-refractivity contribution in [3.8, 4) is 0 Å². The first kappa shape index (κ1) is 11.3. The maximum Gasteiger partial charge on any atom is 0.149 e. The molecule has 2 heteroatoms. The van der Waals surface area contributed by atoms with Gasteiger partial charge in [-0.15, -0.1) is 0 Å². The fraction of sp³-hybridized carbons (Fsp3) is 0.500. The van der Waals surface area contributed by atoms with Crippen molar-refractivity contribution < 1.29 is 4.79 Å². The molecule has 1 fully saturated rings. The molecule has 1 aromatic carbocycles. The molecule has 16 heavy (non-hydrogen) atoms. The van der Waals surface area contributed by atoms with E-state index in [0.717, 1.165) is 25.9 Å². The second-order valence-corrected chi connectivity index (χ2v) is 4.67. The molecule has 1 aromatic rings. The standard InChI is InChI=1S/C14H19NO/c1-12-7-9-15(11-14(12)16)10-8-13-5-3-2-4-6-13/h2-6,12H,7-11H2,1H3. The number of likely N-dealkylation sites (tertiary alicyclic amines) is 1. The van der Waals surface area contributed by atoms with Crippen LogP contribution in [-0.2, 0) is 11.2 Å². The Kier molecular flexibility index (Phi) is 3.73. The summed E-state index contributed by atoms with van der Waals surface area (Å²) in [7, 11) is 0. The predicted octanol–water partition coefficient (Wildman–Crippen LogP) is 2.14. The number of rotatable bonds is 3. The summed E-state index contributed by atoms with van der Waals surface area (Å²) in [6.45, 7) is 4.76. The Labute approximate surface area is 97.3 Å². The molecule has 86 valence electrons. The monoisotopic (exact) mass is 217 g/mol. The van der Waals surface area contributed by atoms with Crippen molar-refractivity contribution in [1.29, 1.82) is 0 Å². The molecule has 0 amide bonds. The molecule has 0 aromatic heterocycles. The van der Waals surface area contributed by atoms with Crippen molar-refractivity contribution in [2.45, 2.75) is 19.8 Å². The molecule has 0 saturated carbocycles. The zero-order valence-electron chi connectivity index (χ0n) is 9.86. The molecule has 1 unspecified atom stereocenters. The number of piperidine rings is 1. The third-order valence-corrected chi connectivity index (χ3v) is 3.37. The van der Waals surface area contributed by atoms with Crippen molar-refractivity contribution in [1.82, 2.24) is 4.90 Å². The highest BCUT2D eigenvalue weighted by molar-refractivity contribution is 5.83. The molecular weight excluding hydrogens is 198 g/mol. The lowest BCUT2D eigenvalue weighted by atomic mass is 9.97. The van der Waals surface area contributed by atoms with Crippen molar-refractivity contribution in [2.75, 3.05) is 19.6 Å². The third kappa shape index (κ3) is 2.92. The van der Waals surface area contributed by atoms with E-state index in [1.54, 1.807) is 0 Å². The number of carbonyl (C=O) groups excluding carboxylic acids is 1. The molecule has 0 N–H and O–H groups in total. The lowest BCUT2D eigenvalue weighted by Crippen LogP contribution is -2.40. The van der Waals surface area contributed by atoms with Gasteiger partial charge in [0.2, 0.25) is 0 Å². The van der Waals surface area contributed by atoms with Crippen molar-refractivity contribution in [3.63, 3.8) is 0 Å². The van der Waals surface area contributed by atoms with Gasteiger partial charge in [0.05, 0.1) is 6.54 Å². The van der Waals surface area contributed by atoms with E-state index in [9.17, 15) is 4.79 Å². The number of hydrogen-bond donors (Lipinski definition) is 0. The van der Waals surface area contributed by atoms with Gasteiger partial charge in [0.15, 0.2) is 0 Å². The van der Waals surface area contributed by atoms with E-state index < -0.39 is 0 Å². The average Bonchev–Trinajstić information content (AvgIpc) is 2.32. The lowest BCUT2D eigenvalue weighted by Gasteiger charge is -2.29. The molecule has 1 atom stereocenters. The van der Waals surface area contributed by atoms with E-state index >= 15 is 0 Å². The van der Waals surface area contributed by atoms with Crippen LogP contribution in [0.3, 0.4) is 0 Å². The minimum absolute atomic E-state index is 0.271. The highest BCUT2D eigenvalue weighted by Gasteiger charge is 2.22. The number of Topliss-reactive ketones (excluding diaryl/α,β-unsaturated/α-hetero) is 1. The van der Waals surface area contributed by atoms with E-state index in [1.165, 1.54) is 5.56 Å². The minimum atomic E-state index is 0.271. The summed E-state index contributed by atoms with van der Waals surface area (Å²) in [6, 6.07) is 10.5. The van der Waals surface area contributed by atoms with Crippen molar-refractivity contribution >= 4 is 5.78 Å². The highest BCUT2D eigenvalue weighted by Crippen LogP contribution is 2.13. The van der Waals surface area contributed by atoms with Crippen LogP contribution < -0.4 is 0 Å². The fourth-order valence-electron chi connectivity index (χ4n) is 2.12. The van der Waals surface area contributed by atoms with Crippen LogP contribution >= 0.6 is 0 Å². The second kappa shape index (κ2) is 5.26. The van der Waals surface area contributed by atoms with Crippen LogP contribution in [0.1, 0.15) is 18.9 Å². The molecule has 0 aliphatic carbocycles. The molecule has 1 saturated heterocycles. The number of hydrogen-bond acceptors (Lipinski definition) is 2. The predicted molar refractivity (Wildman–Crippen MR) is 65.4 cm³/mol. The smallest absolute Gasteiger partial charge is 0.149 e. The number of nitrogens with zero attached hydrogens (tertiary/aromatic N) is 1. The van der Waals surface area contributed by atoms with Crippen LogP contribution in [0.15, 0.2) is 30.3 Å². The molecule has 1 heterocycles. The molecule has 0 radical (unpaired) electrons. The van der Waals surface area contributed by atoms with Gasteiger partial charge >= 0.3 is 0 Å². The first-order valence-corrected chi connectivity index (χ1v) is 6.04. The Morgan fingerprint density at radius 2 is 2.06 bits per heavy atom. The van der Waals surface area contributed by atoms with Gasteiger partial charge < -0.3 is 0 Å². The Morgan fingerprint density at radius 3 is 2.75 bits per heavy atom. The maximum absolute atomic E-state index is 11.6. The van der Waals surface area contributed by atoms with Crippen LogP contribution in [0.5, 0.6) is 0 Å². The quantitative estimate of drug-likeness (QED) is 0.773. The molecule has 1 aliphatic heterocycles. The molecule has 2 nitrogen and oxygen atoms in total. The molecule has 0 bridgehead atoms. The highest BCUT2D eigenvalue weighted by atomic mass is 16.1. The SMILES string of the molecule is CC1CCN(CCc2ccccc2)CC1=O. The summed E-state index contributed by atoms with van der Waals surface area (Å²) < 4.78 is 0. The van der Waals surface area contributed by atoms with Crippen LogP contribution in [0, 0.1) is 5.92 Å². The second-order valence-electron chi connectivity index (χ2n) is 4.67. The summed E-state index contributed by atoms with van der Waals surface area (Å²) in [6.07, 6.45) is 2.07. The van der Waals surface area contributed by atoms with E-state index in [-0.39, 0.29) is 5.92 Å². The minimum Gasteiger partial charge on any atom is -0.298 e. The summed E-state index contributed by atoms with van der Waals surface area (Å²) >= 11 is 0. The van der Waals surface area contributed by atoms with Crippen LogP contribution in [0.25, 0.3) is 0 Å². The molecular formula is C14H19NO. The fourth-order valence-corrected chi connectivity index (χ4v) is 2.12. The summed E-state index contributed by atoms with van der Waals surface area (Å²) in [5.41, 5.74) is 1.36. The first-order valence-electron chi connectivity index (χ1n) is 6.04. The lowest BCUT2D eigenvalue weighted by molar-refractivity contribution is -0.126. The zero-order chi connectivity index (χ0) is 11.4. The summed E-state index contributed by atoms with van der Waals surface area (Å²) in [5.74, 6) is 0.673. The van der Waals surface area contributed by atoms with Crippen LogP contribution in [0.4, 0.5) is 0 Å². The largest absolute Gasteiger partial charge is 0.298 e. The number of carbonyl (C=O) groups is 1. The van der Waals surface area contributed by atoms with Gasteiger partial charge in [0.25, 0.3) is 0 Å². The van der Waals surface area contributed by atoms with Crippen LogP contribution in [0.2, 0.25) is 0 Å². The normalized spacial score (nSPS) is 22.3. The Balaban J connectivity index is 1.81. The summed E-state index contributed by atoms with van der Waals surface area (Å²) in [4.78, 5) is 13.8. The zero-order valence-corrected chi connectivity index (χ0v) is 9.86. The molecule has 1 aliphatic rings. The van der Waals surface area contributed by atoms with Crippen LogP contribution in [-0.4, -0.2) is 30.3 Å². The number of ketones is 1. The van der Waals surface area contributed by atoms with E-state index in [4.69, 9.17) is 0 Å². The van der Waals surface area contributed by atoms with E-state index in [2.05, 4.69) is 29.2 Å². The molecule has 0 spiro atoms. The van der Waals surface area contributed by atoms with Crippen molar-refractivity contribution in [2.24, 2.45) is 5.92 Å².